The molecule has 0 aromatic heterocycles. The quantitative estimate of drug-likeness (QED) is 0.568. The Labute approximate surface area is 107 Å². The van der Waals surface area contributed by atoms with Crippen LogP contribution >= 0.6 is 22.6 Å². The van der Waals surface area contributed by atoms with Crippen molar-refractivity contribution in [1.82, 2.24) is 0 Å². The average molecular weight is 326 g/mol. The van der Waals surface area contributed by atoms with Crippen LogP contribution in [0.15, 0.2) is 0 Å². The van der Waals surface area contributed by atoms with Crippen molar-refractivity contribution >= 4 is 22.6 Å². The predicted octanol–water partition coefficient (Wildman–Crippen LogP) is 3.56. The van der Waals surface area contributed by atoms with Crippen molar-refractivity contribution in [1.29, 1.82) is 0 Å². The SMILES string of the molecule is CCOC1CCCC(OC(C)(C)CI)C1. The van der Waals surface area contributed by atoms with Crippen molar-refractivity contribution in [3.8, 4) is 0 Å². The Morgan fingerprint density at radius 3 is 2.53 bits per heavy atom. The summed E-state index contributed by atoms with van der Waals surface area (Å²) in [5.41, 5.74) is 0.0132. The molecule has 0 aromatic carbocycles. The highest BCUT2D eigenvalue weighted by molar-refractivity contribution is 14.1. The van der Waals surface area contributed by atoms with E-state index in [9.17, 15) is 0 Å². The summed E-state index contributed by atoms with van der Waals surface area (Å²) >= 11 is 2.39. The zero-order valence-electron chi connectivity index (χ0n) is 10.1. The van der Waals surface area contributed by atoms with Crippen molar-refractivity contribution in [3.05, 3.63) is 0 Å². The van der Waals surface area contributed by atoms with E-state index in [1.807, 2.05) is 0 Å². The molecule has 0 N–H and O–H groups in total. The minimum absolute atomic E-state index is 0.0132. The van der Waals surface area contributed by atoms with Crippen LogP contribution in [-0.4, -0.2) is 28.8 Å². The summed E-state index contributed by atoms with van der Waals surface area (Å²) in [6.07, 6.45) is 5.56. The molecular weight excluding hydrogens is 303 g/mol. The summed E-state index contributed by atoms with van der Waals surface area (Å²) in [5, 5.41) is 0. The third-order valence-corrected chi connectivity index (χ3v) is 4.62. The molecule has 0 aromatic rings. The summed E-state index contributed by atoms with van der Waals surface area (Å²) in [4.78, 5) is 0. The van der Waals surface area contributed by atoms with Gasteiger partial charge in [0.05, 0.1) is 17.8 Å². The highest BCUT2D eigenvalue weighted by Crippen LogP contribution is 2.27. The maximum Gasteiger partial charge on any atom is 0.0719 e. The van der Waals surface area contributed by atoms with Gasteiger partial charge in [0, 0.05) is 11.0 Å². The summed E-state index contributed by atoms with van der Waals surface area (Å²) in [6, 6.07) is 0. The van der Waals surface area contributed by atoms with Gasteiger partial charge in [-0.1, -0.05) is 22.6 Å². The largest absolute Gasteiger partial charge is 0.378 e. The molecule has 90 valence electrons. The van der Waals surface area contributed by atoms with E-state index in [0.29, 0.717) is 12.2 Å². The second-order valence-corrected chi connectivity index (χ2v) is 5.64. The van der Waals surface area contributed by atoms with Gasteiger partial charge >= 0.3 is 0 Å². The van der Waals surface area contributed by atoms with Gasteiger partial charge in [-0.05, 0) is 46.5 Å². The van der Waals surface area contributed by atoms with Gasteiger partial charge < -0.3 is 9.47 Å². The van der Waals surface area contributed by atoms with Crippen molar-refractivity contribution in [2.24, 2.45) is 0 Å². The van der Waals surface area contributed by atoms with Crippen LogP contribution in [0.2, 0.25) is 0 Å². The summed E-state index contributed by atoms with van der Waals surface area (Å²) in [6.45, 7) is 7.24. The lowest BCUT2D eigenvalue weighted by molar-refractivity contribution is -0.0983. The van der Waals surface area contributed by atoms with Crippen molar-refractivity contribution in [2.45, 2.75) is 64.3 Å². The average Bonchev–Trinajstić information content (AvgIpc) is 2.18. The van der Waals surface area contributed by atoms with E-state index in [2.05, 4.69) is 43.4 Å². The lowest BCUT2D eigenvalue weighted by Gasteiger charge is -2.34. The van der Waals surface area contributed by atoms with E-state index in [0.717, 1.165) is 17.5 Å². The fourth-order valence-corrected chi connectivity index (χ4v) is 2.26. The van der Waals surface area contributed by atoms with E-state index in [4.69, 9.17) is 9.47 Å². The number of alkyl halides is 1. The molecule has 3 heteroatoms. The third kappa shape index (κ3) is 5.00. The minimum atomic E-state index is 0.0132. The van der Waals surface area contributed by atoms with E-state index in [-0.39, 0.29) is 5.60 Å². The Kier molecular flexibility index (Phi) is 5.85. The Bertz CT molecular complexity index is 180. The summed E-state index contributed by atoms with van der Waals surface area (Å²) in [5.74, 6) is 0. The van der Waals surface area contributed by atoms with Crippen molar-refractivity contribution < 1.29 is 9.47 Å². The lowest BCUT2D eigenvalue weighted by Crippen LogP contribution is -2.36. The fourth-order valence-electron chi connectivity index (χ4n) is 2.08. The topological polar surface area (TPSA) is 18.5 Å². The zero-order chi connectivity index (χ0) is 11.3. The van der Waals surface area contributed by atoms with Gasteiger partial charge in [-0.3, -0.25) is 0 Å². The maximum atomic E-state index is 6.12. The van der Waals surface area contributed by atoms with Gasteiger partial charge in [-0.25, -0.2) is 0 Å². The molecule has 2 unspecified atom stereocenters. The lowest BCUT2D eigenvalue weighted by atomic mass is 9.94. The molecule has 0 heterocycles. The van der Waals surface area contributed by atoms with Crippen molar-refractivity contribution in [2.75, 3.05) is 11.0 Å². The summed E-state index contributed by atoms with van der Waals surface area (Å²) < 4.78 is 12.8. The fraction of sp³-hybridized carbons (Fsp3) is 1.00. The van der Waals surface area contributed by atoms with Gasteiger partial charge in [0.2, 0.25) is 0 Å². The molecule has 2 atom stereocenters. The Morgan fingerprint density at radius 1 is 1.27 bits per heavy atom. The van der Waals surface area contributed by atoms with Crippen LogP contribution < -0.4 is 0 Å². The smallest absolute Gasteiger partial charge is 0.0719 e. The van der Waals surface area contributed by atoms with Crippen LogP contribution in [0.4, 0.5) is 0 Å². The Morgan fingerprint density at radius 2 is 1.93 bits per heavy atom. The Balaban J connectivity index is 2.36. The first-order valence-corrected chi connectivity index (χ1v) is 7.45. The summed E-state index contributed by atoms with van der Waals surface area (Å²) in [7, 11) is 0. The van der Waals surface area contributed by atoms with E-state index < -0.39 is 0 Å². The molecule has 1 aliphatic rings. The molecule has 0 spiro atoms. The molecule has 2 nitrogen and oxygen atoms in total. The number of halogens is 1. The van der Waals surface area contributed by atoms with Crippen LogP contribution in [0.5, 0.6) is 0 Å². The highest BCUT2D eigenvalue weighted by atomic mass is 127. The number of hydrogen-bond donors (Lipinski definition) is 0. The molecule has 0 saturated heterocycles. The maximum absolute atomic E-state index is 6.12. The van der Waals surface area contributed by atoms with E-state index >= 15 is 0 Å². The predicted molar refractivity (Wildman–Crippen MR) is 71.7 cm³/mol. The minimum Gasteiger partial charge on any atom is -0.378 e. The normalized spacial score (nSPS) is 28.0. The van der Waals surface area contributed by atoms with Gasteiger partial charge in [-0.2, -0.15) is 0 Å². The van der Waals surface area contributed by atoms with Gasteiger partial charge in [0.25, 0.3) is 0 Å². The molecule has 1 rings (SSSR count). The Hall–Kier alpha value is 0.650. The van der Waals surface area contributed by atoms with Crippen molar-refractivity contribution in [3.63, 3.8) is 0 Å². The molecule has 1 aliphatic carbocycles. The molecule has 1 saturated carbocycles. The van der Waals surface area contributed by atoms with Crippen LogP contribution in [0, 0.1) is 0 Å². The second kappa shape index (κ2) is 6.40. The van der Waals surface area contributed by atoms with Crippen LogP contribution in [-0.2, 0) is 9.47 Å². The molecular formula is C12H23IO2. The zero-order valence-corrected chi connectivity index (χ0v) is 12.2. The monoisotopic (exact) mass is 326 g/mol. The van der Waals surface area contributed by atoms with E-state index in [1.54, 1.807) is 0 Å². The molecule has 0 aliphatic heterocycles. The first kappa shape index (κ1) is 13.7. The highest BCUT2D eigenvalue weighted by Gasteiger charge is 2.28. The molecule has 0 bridgehead atoms. The molecule has 0 radical (unpaired) electrons. The number of rotatable bonds is 5. The molecule has 1 fully saturated rings. The first-order chi connectivity index (χ1) is 7.07. The number of ether oxygens (including phenoxy) is 2. The van der Waals surface area contributed by atoms with Crippen LogP contribution in [0.3, 0.4) is 0 Å². The molecule has 15 heavy (non-hydrogen) atoms. The first-order valence-electron chi connectivity index (χ1n) is 5.93. The second-order valence-electron chi connectivity index (χ2n) is 4.88. The van der Waals surface area contributed by atoms with Gasteiger partial charge in [-0.15, -0.1) is 0 Å². The van der Waals surface area contributed by atoms with Gasteiger partial charge in [0.1, 0.15) is 0 Å². The van der Waals surface area contributed by atoms with Crippen LogP contribution in [0.25, 0.3) is 0 Å². The molecule has 0 amide bonds. The number of hydrogen-bond acceptors (Lipinski definition) is 2. The third-order valence-electron chi connectivity index (χ3n) is 2.79. The van der Waals surface area contributed by atoms with Crippen LogP contribution in [0.1, 0.15) is 46.5 Å². The standard InChI is InChI=1S/C12H23IO2/c1-4-14-10-6-5-7-11(8-10)15-12(2,3)9-13/h10-11H,4-9H2,1-3H3. The van der Waals surface area contributed by atoms with Gasteiger partial charge in [0.15, 0.2) is 0 Å². The van der Waals surface area contributed by atoms with E-state index in [1.165, 1.54) is 19.3 Å².